The lowest BCUT2D eigenvalue weighted by Crippen LogP contribution is -2.50. The highest BCUT2D eigenvalue weighted by molar-refractivity contribution is 5.74. The summed E-state index contributed by atoms with van der Waals surface area (Å²) in [6.07, 6.45) is 4.92. The Labute approximate surface area is 103 Å². The molecule has 3 rings (SSSR count). The summed E-state index contributed by atoms with van der Waals surface area (Å²) in [6.45, 7) is 1.80. The van der Waals surface area contributed by atoms with E-state index in [4.69, 9.17) is 4.74 Å². The summed E-state index contributed by atoms with van der Waals surface area (Å²) in [5, 5.41) is 3.41. The van der Waals surface area contributed by atoms with Crippen LogP contribution in [0.1, 0.15) is 25.7 Å². The number of rotatable bonds is 1. The van der Waals surface area contributed by atoms with E-state index in [1.807, 2.05) is 0 Å². The van der Waals surface area contributed by atoms with Gasteiger partial charge in [-0.3, -0.25) is 4.79 Å². The molecule has 3 saturated heterocycles. The van der Waals surface area contributed by atoms with Gasteiger partial charge < -0.3 is 15.0 Å². The number of hydrogen-bond acceptors (Lipinski definition) is 4. The van der Waals surface area contributed by atoms with Crippen LogP contribution in [0.5, 0.6) is 0 Å². The molecule has 1 N–H and O–H groups in total. The maximum atomic E-state index is 11.9. The van der Waals surface area contributed by atoms with Crippen LogP contribution < -0.4 is 5.32 Å². The Morgan fingerprint density at radius 1 is 1.35 bits per heavy atom. The highest BCUT2D eigenvalue weighted by Crippen LogP contribution is 2.50. The van der Waals surface area contributed by atoms with Gasteiger partial charge in [-0.25, -0.2) is 0 Å². The standard InChI is InChI=1S/C13H22N2O2/c1-15-9-3-4-10(15)6-13(5-9)8-14-7-11(13)12(16)17-2/h9-11,14H,3-8H2,1-2H3. The maximum absolute atomic E-state index is 11.9. The predicted octanol–water partition coefficient (Wildman–Crippen LogP) is 0.622. The van der Waals surface area contributed by atoms with Crippen molar-refractivity contribution in [2.45, 2.75) is 37.8 Å². The Bertz CT molecular complexity index is 317. The van der Waals surface area contributed by atoms with Crippen molar-refractivity contribution in [3.63, 3.8) is 0 Å². The van der Waals surface area contributed by atoms with Crippen molar-refractivity contribution in [1.82, 2.24) is 10.2 Å². The molecule has 0 radical (unpaired) electrons. The fourth-order valence-corrected chi connectivity index (χ4v) is 4.31. The first kappa shape index (κ1) is 11.5. The molecular formula is C13H22N2O2. The summed E-state index contributed by atoms with van der Waals surface area (Å²) in [5.74, 6) is 0.0586. The molecular weight excluding hydrogens is 216 g/mol. The number of fused-ring (bicyclic) bond motifs is 2. The Kier molecular flexibility index (Phi) is 2.67. The molecule has 3 fully saturated rings. The molecule has 0 aromatic heterocycles. The van der Waals surface area contributed by atoms with E-state index in [9.17, 15) is 4.79 Å². The molecule has 3 aliphatic heterocycles. The second-order valence-corrected chi connectivity index (χ2v) is 6.03. The number of nitrogens with one attached hydrogen (secondary N) is 1. The van der Waals surface area contributed by atoms with E-state index in [0.717, 1.165) is 25.9 Å². The fraction of sp³-hybridized carbons (Fsp3) is 0.923. The molecule has 0 aromatic carbocycles. The van der Waals surface area contributed by atoms with Gasteiger partial charge in [0.1, 0.15) is 0 Å². The van der Waals surface area contributed by atoms with Crippen molar-refractivity contribution in [3.05, 3.63) is 0 Å². The SMILES string of the molecule is COC(=O)C1CNCC12CC1CCC(C2)N1C. The van der Waals surface area contributed by atoms with Gasteiger partial charge in [0.2, 0.25) is 0 Å². The van der Waals surface area contributed by atoms with Crippen molar-refractivity contribution in [3.8, 4) is 0 Å². The van der Waals surface area contributed by atoms with Crippen LogP contribution in [0, 0.1) is 11.3 Å². The van der Waals surface area contributed by atoms with Gasteiger partial charge in [-0.1, -0.05) is 0 Å². The van der Waals surface area contributed by atoms with Gasteiger partial charge in [0.15, 0.2) is 0 Å². The van der Waals surface area contributed by atoms with E-state index < -0.39 is 0 Å². The Morgan fingerprint density at radius 3 is 2.59 bits per heavy atom. The van der Waals surface area contributed by atoms with Gasteiger partial charge in [-0.05, 0) is 32.7 Å². The van der Waals surface area contributed by atoms with Gasteiger partial charge >= 0.3 is 5.97 Å². The van der Waals surface area contributed by atoms with Crippen LogP contribution in [0.25, 0.3) is 0 Å². The van der Waals surface area contributed by atoms with Crippen LogP contribution >= 0.6 is 0 Å². The van der Waals surface area contributed by atoms with E-state index in [2.05, 4.69) is 17.3 Å². The zero-order valence-electron chi connectivity index (χ0n) is 10.7. The Balaban J connectivity index is 1.84. The quantitative estimate of drug-likeness (QED) is 0.680. The van der Waals surface area contributed by atoms with Crippen molar-refractivity contribution in [1.29, 1.82) is 0 Å². The minimum absolute atomic E-state index is 0.0149. The summed E-state index contributed by atoms with van der Waals surface area (Å²) in [7, 11) is 3.75. The van der Waals surface area contributed by atoms with Gasteiger partial charge in [0, 0.05) is 30.6 Å². The second-order valence-electron chi connectivity index (χ2n) is 6.03. The summed E-state index contributed by atoms with van der Waals surface area (Å²) in [6, 6.07) is 1.36. The average molecular weight is 238 g/mol. The molecule has 1 spiro atoms. The molecule has 0 saturated carbocycles. The largest absolute Gasteiger partial charge is 0.469 e. The highest BCUT2D eigenvalue weighted by atomic mass is 16.5. The van der Waals surface area contributed by atoms with Crippen molar-refractivity contribution >= 4 is 5.97 Å². The third-order valence-corrected chi connectivity index (χ3v) is 5.32. The lowest BCUT2D eigenvalue weighted by Gasteiger charge is -2.45. The van der Waals surface area contributed by atoms with Gasteiger partial charge in [-0.2, -0.15) is 0 Å². The lowest BCUT2D eigenvalue weighted by molar-refractivity contribution is -0.150. The molecule has 17 heavy (non-hydrogen) atoms. The predicted molar refractivity (Wildman–Crippen MR) is 64.6 cm³/mol. The zero-order chi connectivity index (χ0) is 12.0. The smallest absolute Gasteiger partial charge is 0.310 e. The molecule has 96 valence electrons. The van der Waals surface area contributed by atoms with Crippen LogP contribution in [-0.2, 0) is 9.53 Å². The number of ether oxygens (including phenoxy) is 1. The van der Waals surface area contributed by atoms with Crippen LogP contribution in [0.4, 0.5) is 0 Å². The van der Waals surface area contributed by atoms with Crippen molar-refractivity contribution in [2.24, 2.45) is 11.3 Å². The van der Waals surface area contributed by atoms with Gasteiger partial charge in [0.05, 0.1) is 13.0 Å². The lowest BCUT2D eigenvalue weighted by atomic mass is 9.68. The third kappa shape index (κ3) is 1.61. The van der Waals surface area contributed by atoms with Gasteiger partial charge in [-0.15, -0.1) is 0 Å². The number of esters is 1. The van der Waals surface area contributed by atoms with Crippen molar-refractivity contribution in [2.75, 3.05) is 27.2 Å². The molecule has 2 bridgehead atoms. The number of piperidine rings is 1. The highest BCUT2D eigenvalue weighted by Gasteiger charge is 2.54. The van der Waals surface area contributed by atoms with Crippen LogP contribution in [0.15, 0.2) is 0 Å². The number of carbonyl (C=O) groups excluding carboxylic acids is 1. The fourth-order valence-electron chi connectivity index (χ4n) is 4.31. The number of methoxy groups -OCH3 is 1. The van der Waals surface area contributed by atoms with Crippen LogP contribution in [-0.4, -0.2) is 50.2 Å². The number of carbonyl (C=O) groups is 1. The number of nitrogens with zero attached hydrogens (tertiary/aromatic N) is 1. The molecule has 3 unspecified atom stereocenters. The zero-order valence-corrected chi connectivity index (χ0v) is 10.7. The second kappa shape index (κ2) is 3.95. The summed E-state index contributed by atoms with van der Waals surface area (Å²) >= 11 is 0. The van der Waals surface area contributed by atoms with E-state index in [1.54, 1.807) is 0 Å². The van der Waals surface area contributed by atoms with E-state index in [1.165, 1.54) is 20.0 Å². The Morgan fingerprint density at radius 2 is 2.00 bits per heavy atom. The van der Waals surface area contributed by atoms with E-state index >= 15 is 0 Å². The number of hydrogen-bond donors (Lipinski definition) is 1. The minimum Gasteiger partial charge on any atom is -0.469 e. The normalized spacial score (nSPS) is 45.4. The van der Waals surface area contributed by atoms with Gasteiger partial charge in [0.25, 0.3) is 0 Å². The molecule has 4 nitrogen and oxygen atoms in total. The summed E-state index contributed by atoms with van der Waals surface area (Å²) in [4.78, 5) is 14.5. The third-order valence-electron chi connectivity index (χ3n) is 5.32. The van der Waals surface area contributed by atoms with E-state index in [-0.39, 0.29) is 17.3 Å². The summed E-state index contributed by atoms with van der Waals surface area (Å²) < 4.78 is 4.99. The molecule has 0 aromatic rings. The molecule has 0 aliphatic carbocycles. The molecule has 3 atom stereocenters. The minimum atomic E-state index is -0.0149. The molecule has 3 heterocycles. The monoisotopic (exact) mass is 238 g/mol. The van der Waals surface area contributed by atoms with E-state index in [0.29, 0.717) is 12.1 Å². The molecule has 3 aliphatic rings. The van der Waals surface area contributed by atoms with Crippen molar-refractivity contribution < 1.29 is 9.53 Å². The first-order valence-corrected chi connectivity index (χ1v) is 6.67. The molecule has 0 amide bonds. The maximum Gasteiger partial charge on any atom is 0.310 e. The first-order valence-electron chi connectivity index (χ1n) is 6.67. The topological polar surface area (TPSA) is 41.6 Å². The average Bonchev–Trinajstić information content (AvgIpc) is 2.79. The summed E-state index contributed by atoms with van der Waals surface area (Å²) in [5.41, 5.74) is 0.172. The Hall–Kier alpha value is -0.610. The molecule has 4 heteroatoms. The van der Waals surface area contributed by atoms with Crippen LogP contribution in [0.2, 0.25) is 0 Å². The first-order chi connectivity index (χ1) is 8.16. The van der Waals surface area contributed by atoms with Crippen LogP contribution in [0.3, 0.4) is 0 Å².